The number of hydrogen-bond acceptors (Lipinski definition) is 5. The molecule has 1 fully saturated rings. The van der Waals surface area contributed by atoms with E-state index >= 15 is 0 Å². The molecule has 0 radical (unpaired) electrons. The predicted molar refractivity (Wildman–Crippen MR) is 103 cm³/mol. The number of piperidine rings is 1. The van der Waals surface area contributed by atoms with Gasteiger partial charge in [0.2, 0.25) is 10.0 Å². The molecule has 5 nitrogen and oxygen atoms in total. The fourth-order valence-electron chi connectivity index (χ4n) is 3.52. The van der Waals surface area contributed by atoms with E-state index in [-0.39, 0.29) is 11.4 Å². The summed E-state index contributed by atoms with van der Waals surface area (Å²) in [6.45, 7) is 11.2. The SMILES string of the molecule is CC(C)N1CCC(Oc2cc3c(s2)CN(S(=O)(=O)C(C)C)CC3)CC1. The third kappa shape index (κ3) is 4.21. The zero-order valence-corrected chi connectivity index (χ0v) is 17.3. The predicted octanol–water partition coefficient (Wildman–Crippen LogP) is 3.10. The van der Waals surface area contributed by atoms with E-state index in [1.807, 2.05) is 0 Å². The monoisotopic (exact) mass is 386 g/mol. The van der Waals surface area contributed by atoms with E-state index in [1.165, 1.54) is 5.56 Å². The second-order valence-corrected chi connectivity index (χ2v) is 11.2. The molecule has 0 unspecified atom stereocenters. The Morgan fingerprint density at radius 2 is 1.84 bits per heavy atom. The Balaban J connectivity index is 1.62. The zero-order valence-electron chi connectivity index (χ0n) is 15.7. The second-order valence-electron chi connectivity index (χ2n) is 7.64. The molecule has 0 amide bonds. The number of hydrogen-bond donors (Lipinski definition) is 0. The van der Waals surface area contributed by atoms with Crippen LogP contribution in [0.1, 0.15) is 51.0 Å². The first-order chi connectivity index (χ1) is 11.8. The third-order valence-electron chi connectivity index (χ3n) is 5.27. The second kappa shape index (κ2) is 7.55. The van der Waals surface area contributed by atoms with Gasteiger partial charge in [0.1, 0.15) is 6.10 Å². The first-order valence-corrected chi connectivity index (χ1v) is 11.6. The number of likely N-dealkylation sites (tertiary alicyclic amines) is 1. The Morgan fingerprint density at radius 3 is 2.44 bits per heavy atom. The Bertz CT molecular complexity index is 689. The molecule has 0 aromatic carbocycles. The highest BCUT2D eigenvalue weighted by Gasteiger charge is 2.31. The molecule has 0 saturated carbocycles. The summed E-state index contributed by atoms with van der Waals surface area (Å²) in [6, 6.07) is 2.73. The van der Waals surface area contributed by atoms with Gasteiger partial charge < -0.3 is 9.64 Å². The number of nitrogens with zero attached hydrogens (tertiary/aromatic N) is 2. The van der Waals surface area contributed by atoms with Crippen molar-refractivity contribution in [2.24, 2.45) is 0 Å². The molecule has 1 aromatic rings. The van der Waals surface area contributed by atoms with E-state index < -0.39 is 10.0 Å². The van der Waals surface area contributed by atoms with E-state index in [4.69, 9.17) is 4.74 Å². The van der Waals surface area contributed by atoms with Gasteiger partial charge in [0.05, 0.1) is 5.25 Å². The van der Waals surface area contributed by atoms with Crippen LogP contribution in [0.5, 0.6) is 5.06 Å². The van der Waals surface area contributed by atoms with E-state index in [2.05, 4.69) is 24.8 Å². The molecule has 7 heteroatoms. The lowest BCUT2D eigenvalue weighted by Crippen LogP contribution is -2.41. The first-order valence-electron chi connectivity index (χ1n) is 9.28. The minimum atomic E-state index is -3.18. The average Bonchev–Trinajstić information content (AvgIpc) is 2.96. The van der Waals surface area contributed by atoms with Crippen molar-refractivity contribution in [3.05, 3.63) is 16.5 Å². The lowest BCUT2D eigenvalue weighted by molar-refractivity contribution is 0.0868. The van der Waals surface area contributed by atoms with Gasteiger partial charge >= 0.3 is 0 Å². The lowest BCUT2D eigenvalue weighted by atomic mass is 10.1. The van der Waals surface area contributed by atoms with Crippen molar-refractivity contribution in [2.45, 2.75) is 70.9 Å². The highest BCUT2D eigenvalue weighted by Crippen LogP contribution is 2.36. The lowest BCUT2D eigenvalue weighted by Gasteiger charge is -2.34. The van der Waals surface area contributed by atoms with Crippen molar-refractivity contribution in [1.82, 2.24) is 9.21 Å². The standard InChI is InChI=1S/C18H30N2O3S2/c1-13(2)19-8-6-16(7-9-19)23-18-11-15-5-10-20(12-17(15)24-18)25(21,22)14(3)4/h11,13-14,16H,5-10,12H2,1-4H3. The highest BCUT2D eigenvalue weighted by molar-refractivity contribution is 7.89. The summed E-state index contributed by atoms with van der Waals surface area (Å²) in [6.07, 6.45) is 3.20. The number of fused-ring (bicyclic) bond motifs is 1. The molecule has 142 valence electrons. The molecule has 1 saturated heterocycles. The molecule has 0 aliphatic carbocycles. The van der Waals surface area contributed by atoms with Gasteiger partial charge in [0.25, 0.3) is 0 Å². The number of thiophene rings is 1. The Labute approximate surface area is 156 Å². The molecular weight excluding hydrogens is 356 g/mol. The van der Waals surface area contributed by atoms with Crippen LogP contribution in [0.15, 0.2) is 6.07 Å². The quantitative estimate of drug-likeness (QED) is 0.780. The van der Waals surface area contributed by atoms with E-state index in [0.717, 1.165) is 42.3 Å². The number of rotatable bonds is 5. The van der Waals surface area contributed by atoms with Crippen LogP contribution in [-0.2, 0) is 23.0 Å². The molecule has 2 aliphatic heterocycles. The molecule has 0 atom stereocenters. The van der Waals surface area contributed by atoms with Crippen LogP contribution in [0.2, 0.25) is 0 Å². The molecule has 25 heavy (non-hydrogen) atoms. The van der Waals surface area contributed by atoms with Crippen LogP contribution in [0.4, 0.5) is 0 Å². The fourth-order valence-corrected chi connectivity index (χ4v) is 5.99. The summed E-state index contributed by atoms with van der Waals surface area (Å²) < 4.78 is 32.7. The Morgan fingerprint density at radius 1 is 1.16 bits per heavy atom. The maximum atomic E-state index is 12.4. The summed E-state index contributed by atoms with van der Waals surface area (Å²) in [7, 11) is -3.18. The van der Waals surface area contributed by atoms with Crippen molar-refractivity contribution in [1.29, 1.82) is 0 Å². The van der Waals surface area contributed by atoms with Gasteiger partial charge in [-0.15, -0.1) is 11.3 Å². The Kier molecular flexibility index (Phi) is 5.78. The summed E-state index contributed by atoms with van der Waals surface area (Å²) in [5.74, 6) is 0. The Hall–Kier alpha value is -0.630. The minimum Gasteiger partial charge on any atom is -0.481 e. The zero-order chi connectivity index (χ0) is 18.2. The number of ether oxygens (including phenoxy) is 1. The van der Waals surface area contributed by atoms with Crippen LogP contribution in [-0.4, -0.2) is 54.7 Å². The number of sulfonamides is 1. The van der Waals surface area contributed by atoms with Crippen LogP contribution in [0, 0.1) is 0 Å². The van der Waals surface area contributed by atoms with Gasteiger partial charge in [-0.25, -0.2) is 8.42 Å². The van der Waals surface area contributed by atoms with Crippen molar-refractivity contribution in [3.8, 4) is 5.06 Å². The average molecular weight is 387 g/mol. The largest absolute Gasteiger partial charge is 0.481 e. The van der Waals surface area contributed by atoms with Crippen LogP contribution >= 0.6 is 11.3 Å². The molecule has 3 heterocycles. The van der Waals surface area contributed by atoms with Crippen LogP contribution in [0.25, 0.3) is 0 Å². The molecule has 0 spiro atoms. The van der Waals surface area contributed by atoms with Gasteiger partial charge in [-0.2, -0.15) is 4.31 Å². The van der Waals surface area contributed by atoms with Crippen molar-refractivity contribution < 1.29 is 13.2 Å². The van der Waals surface area contributed by atoms with Gasteiger partial charge in [0, 0.05) is 37.1 Å². The topological polar surface area (TPSA) is 49.9 Å². The molecule has 0 bridgehead atoms. The maximum absolute atomic E-state index is 12.4. The fraction of sp³-hybridized carbons (Fsp3) is 0.778. The summed E-state index contributed by atoms with van der Waals surface area (Å²) in [4.78, 5) is 3.64. The van der Waals surface area contributed by atoms with Crippen molar-refractivity contribution >= 4 is 21.4 Å². The van der Waals surface area contributed by atoms with E-state index in [9.17, 15) is 8.42 Å². The summed E-state index contributed by atoms with van der Waals surface area (Å²) >= 11 is 1.63. The van der Waals surface area contributed by atoms with E-state index in [1.54, 1.807) is 29.5 Å². The molecular formula is C18H30N2O3S2. The van der Waals surface area contributed by atoms with Gasteiger partial charge in [-0.3, -0.25) is 0 Å². The van der Waals surface area contributed by atoms with Crippen LogP contribution < -0.4 is 4.74 Å². The summed E-state index contributed by atoms with van der Waals surface area (Å²) in [5.41, 5.74) is 1.26. The molecule has 0 N–H and O–H groups in total. The summed E-state index contributed by atoms with van der Waals surface area (Å²) in [5, 5.41) is 0.590. The smallest absolute Gasteiger partial charge is 0.216 e. The first kappa shape index (κ1) is 19.1. The van der Waals surface area contributed by atoms with Gasteiger partial charge in [-0.1, -0.05) is 0 Å². The van der Waals surface area contributed by atoms with E-state index in [0.29, 0.717) is 19.1 Å². The molecule has 2 aliphatic rings. The van der Waals surface area contributed by atoms with Crippen molar-refractivity contribution in [2.75, 3.05) is 19.6 Å². The molecule has 1 aromatic heterocycles. The normalized spacial score (nSPS) is 21.0. The van der Waals surface area contributed by atoms with Gasteiger partial charge in [-0.05, 0) is 58.6 Å². The van der Waals surface area contributed by atoms with Gasteiger partial charge in [0.15, 0.2) is 5.06 Å². The third-order valence-corrected chi connectivity index (χ3v) is 8.55. The van der Waals surface area contributed by atoms with Crippen LogP contribution in [0.3, 0.4) is 0 Å². The minimum absolute atomic E-state index is 0.283. The highest BCUT2D eigenvalue weighted by atomic mass is 32.2. The maximum Gasteiger partial charge on any atom is 0.216 e. The van der Waals surface area contributed by atoms with Crippen molar-refractivity contribution in [3.63, 3.8) is 0 Å². The molecule has 3 rings (SSSR count).